The Morgan fingerprint density at radius 1 is 1.24 bits per heavy atom. The van der Waals surface area contributed by atoms with E-state index in [-0.39, 0.29) is 17.0 Å². The van der Waals surface area contributed by atoms with Crippen LogP contribution in [0.15, 0.2) is 18.2 Å². The highest BCUT2D eigenvalue weighted by Gasteiger charge is 2.19. The van der Waals surface area contributed by atoms with Crippen LogP contribution < -0.4 is 4.90 Å². The van der Waals surface area contributed by atoms with Crippen molar-refractivity contribution in [2.75, 3.05) is 45.4 Å². The lowest BCUT2D eigenvalue weighted by molar-refractivity contribution is -0.385. The number of methoxy groups -OCH3 is 2. The quantitative estimate of drug-likeness (QED) is 0.393. The first-order chi connectivity index (χ1) is 10.0. The number of rotatable bonds is 9. The van der Waals surface area contributed by atoms with E-state index in [4.69, 9.17) is 9.47 Å². The molecule has 0 heterocycles. The molecule has 0 aromatic heterocycles. The second kappa shape index (κ2) is 8.33. The molecule has 0 saturated carbocycles. The Morgan fingerprint density at radius 2 is 1.81 bits per heavy atom. The third-order valence-corrected chi connectivity index (χ3v) is 3.05. The van der Waals surface area contributed by atoms with Gasteiger partial charge in [0, 0.05) is 39.1 Å². The summed E-state index contributed by atoms with van der Waals surface area (Å²) in [5.41, 5.74) is 0.600. The number of carbonyl (C=O) groups is 1. The van der Waals surface area contributed by atoms with Crippen LogP contribution in [-0.4, -0.2) is 51.2 Å². The average Bonchev–Trinajstić information content (AvgIpc) is 2.46. The molecule has 7 nitrogen and oxygen atoms in total. The zero-order valence-electron chi connectivity index (χ0n) is 12.5. The third kappa shape index (κ3) is 4.80. The van der Waals surface area contributed by atoms with E-state index >= 15 is 0 Å². The van der Waals surface area contributed by atoms with E-state index in [1.54, 1.807) is 20.3 Å². The van der Waals surface area contributed by atoms with Crippen LogP contribution in [0, 0.1) is 10.1 Å². The highest BCUT2D eigenvalue weighted by atomic mass is 16.6. The van der Waals surface area contributed by atoms with Crippen molar-refractivity contribution >= 4 is 17.2 Å². The Hall–Kier alpha value is -1.99. The molecule has 0 unspecified atom stereocenters. The van der Waals surface area contributed by atoms with Crippen molar-refractivity contribution in [3.05, 3.63) is 33.9 Å². The normalized spacial score (nSPS) is 10.4. The molecule has 1 aromatic rings. The van der Waals surface area contributed by atoms with Gasteiger partial charge < -0.3 is 14.4 Å². The monoisotopic (exact) mass is 296 g/mol. The van der Waals surface area contributed by atoms with Crippen LogP contribution in [0.2, 0.25) is 0 Å². The Bertz CT molecular complexity index is 496. The highest BCUT2D eigenvalue weighted by molar-refractivity contribution is 5.98. The molecule has 0 amide bonds. The summed E-state index contributed by atoms with van der Waals surface area (Å²) < 4.78 is 10.1. The predicted molar refractivity (Wildman–Crippen MR) is 79.1 cm³/mol. The molecule has 0 aliphatic heterocycles. The minimum atomic E-state index is -0.537. The lowest BCUT2D eigenvalue weighted by atomic mass is 10.1. The van der Waals surface area contributed by atoms with E-state index in [0.29, 0.717) is 32.0 Å². The number of hydrogen-bond donors (Lipinski definition) is 0. The SMILES string of the molecule is COCCN(CCOC)c1ccc(C(C)=O)c([N+](=O)[O-])c1. The van der Waals surface area contributed by atoms with Gasteiger partial charge in [-0.2, -0.15) is 0 Å². The molecular formula is C14H20N2O5. The van der Waals surface area contributed by atoms with Gasteiger partial charge in [-0.25, -0.2) is 0 Å². The first-order valence-electron chi connectivity index (χ1n) is 6.53. The minimum absolute atomic E-state index is 0.113. The van der Waals surface area contributed by atoms with Crippen LogP contribution in [0.1, 0.15) is 17.3 Å². The van der Waals surface area contributed by atoms with Gasteiger partial charge >= 0.3 is 0 Å². The number of carbonyl (C=O) groups excluding carboxylic acids is 1. The maximum Gasteiger partial charge on any atom is 0.282 e. The van der Waals surface area contributed by atoms with Crippen molar-refractivity contribution in [2.45, 2.75) is 6.92 Å². The van der Waals surface area contributed by atoms with E-state index in [2.05, 4.69) is 0 Å². The van der Waals surface area contributed by atoms with Gasteiger partial charge in [0.15, 0.2) is 5.78 Å². The van der Waals surface area contributed by atoms with Gasteiger partial charge in [0.1, 0.15) is 0 Å². The highest BCUT2D eigenvalue weighted by Crippen LogP contribution is 2.26. The topological polar surface area (TPSA) is 81.9 Å². The van der Waals surface area contributed by atoms with Crippen molar-refractivity contribution < 1.29 is 19.2 Å². The Labute approximate surface area is 123 Å². The van der Waals surface area contributed by atoms with Crippen molar-refractivity contribution in [3.63, 3.8) is 0 Å². The summed E-state index contributed by atoms with van der Waals surface area (Å²) in [6.07, 6.45) is 0. The predicted octanol–water partition coefficient (Wildman–Crippen LogP) is 1.90. The number of hydrogen-bond acceptors (Lipinski definition) is 6. The number of nitrogens with zero attached hydrogens (tertiary/aromatic N) is 2. The molecule has 1 rings (SSSR count). The molecule has 0 bridgehead atoms. The summed E-state index contributed by atoms with van der Waals surface area (Å²) in [6, 6.07) is 4.61. The molecule has 0 radical (unpaired) electrons. The summed E-state index contributed by atoms with van der Waals surface area (Å²) in [5.74, 6) is -0.325. The molecule has 0 fully saturated rings. The van der Waals surface area contributed by atoms with E-state index < -0.39 is 4.92 Å². The number of ketones is 1. The van der Waals surface area contributed by atoms with Crippen LogP contribution in [0.3, 0.4) is 0 Å². The fourth-order valence-electron chi connectivity index (χ4n) is 1.94. The van der Waals surface area contributed by atoms with E-state index in [9.17, 15) is 14.9 Å². The second-order valence-electron chi connectivity index (χ2n) is 4.49. The zero-order valence-corrected chi connectivity index (χ0v) is 12.5. The molecule has 0 saturated heterocycles. The fraction of sp³-hybridized carbons (Fsp3) is 0.500. The second-order valence-corrected chi connectivity index (χ2v) is 4.49. The number of ether oxygens (including phenoxy) is 2. The maximum absolute atomic E-state index is 11.4. The first kappa shape index (κ1) is 17.1. The molecular weight excluding hydrogens is 276 g/mol. The van der Waals surface area contributed by atoms with E-state index in [0.717, 1.165) is 0 Å². The van der Waals surface area contributed by atoms with Crippen LogP contribution in [-0.2, 0) is 9.47 Å². The molecule has 0 aliphatic rings. The number of nitro benzene ring substituents is 1. The molecule has 21 heavy (non-hydrogen) atoms. The van der Waals surface area contributed by atoms with Crippen molar-refractivity contribution in [1.29, 1.82) is 0 Å². The van der Waals surface area contributed by atoms with Gasteiger partial charge in [-0.05, 0) is 19.1 Å². The fourth-order valence-corrected chi connectivity index (χ4v) is 1.94. The van der Waals surface area contributed by atoms with Gasteiger partial charge in [0.25, 0.3) is 5.69 Å². The molecule has 0 aliphatic carbocycles. The molecule has 0 atom stereocenters. The zero-order chi connectivity index (χ0) is 15.8. The van der Waals surface area contributed by atoms with E-state index in [1.165, 1.54) is 19.1 Å². The summed E-state index contributed by atoms with van der Waals surface area (Å²) in [5, 5.41) is 11.1. The third-order valence-electron chi connectivity index (χ3n) is 3.05. The molecule has 0 N–H and O–H groups in total. The number of benzene rings is 1. The molecule has 7 heteroatoms. The van der Waals surface area contributed by atoms with Crippen molar-refractivity contribution in [2.24, 2.45) is 0 Å². The van der Waals surface area contributed by atoms with E-state index in [1.807, 2.05) is 4.90 Å². The lowest BCUT2D eigenvalue weighted by Gasteiger charge is -2.24. The molecule has 116 valence electrons. The standard InChI is InChI=1S/C14H20N2O5/c1-11(17)13-5-4-12(10-14(13)16(18)19)15(6-8-20-2)7-9-21-3/h4-5,10H,6-9H2,1-3H3. The van der Waals surface area contributed by atoms with Crippen LogP contribution in [0.25, 0.3) is 0 Å². The van der Waals surface area contributed by atoms with Crippen LogP contribution in [0.4, 0.5) is 11.4 Å². The smallest absolute Gasteiger partial charge is 0.282 e. The largest absolute Gasteiger partial charge is 0.383 e. The van der Waals surface area contributed by atoms with Crippen LogP contribution >= 0.6 is 0 Å². The van der Waals surface area contributed by atoms with Gasteiger partial charge in [-0.1, -0.05) is 0 Å². The van der Waals surface area contributed by atoms with Gasteiger partial charge in [-0.15, -0.1) is 0 Å². The number of anilines is 1. The van der Waals surface area contributed by atoms with Gasteiger partial charge in [0.05, 0.1) is 23.7 Å². The van der Waals surface area contributed by atoms with Crippen molar-refractivity contribution in [3.8, 4) is 0 Å². The number of Topliss-reactive ketones (excluding diaryl/α,β-unsaturated/α-hetero) is 1. The molecule has 1 aromatic carbocycles. The summed E-state index contributed by atoms with van der Waals surface area (Å²) in [6.45, 7) is 3.46. The maximum atomic E-state index is 11.4. The van der Waals surface area contributed by atoms with Crippen LogP contribution in [0.5, 0.6) is 0 Å². The van der Waals surface area contributed by atoms with Gasteiger partial charge in [0.2, 0.25) is 0 Å². The van der Waals surface area contributed by atoms with Crippen molar-refractivity contribution in [1.82, 2.24) is 0 Å². The molecule has 0 spiro atoms. The average molecular weight is 296 g/mol. The Morgan fingerprint density at radius 3 is 2.24 bits per heavy atom. The summed E-state index contributed by atoms with van der Waals surface area (Å²) in [4.78, 5) is 23.9. The van der Waals surface area contributed by atoms with Gasteiger partial charge in [-0.3, -0.25) is 14.9 Å². The summed E-state index contributed by atoms with van der Waals surface area (Å²) in [7, 11) is 3.19. The first-order valence-corrected chi connectivity index (χ1v) is 6.53. The Balaban J connectivity index is 3.10. The Kier molecular flexibility index (Phi) is 6.77. The minimum Gasteiger partial charge on any atom is -0.383 e. The number of nitro groups is 1. The summed E-state index contributed by atoms with van der Waals surface area (Å²) >= 11 is 0. The lowest BCUT2D eigenvalue weighted by Crippen LogP contribution is -2.30.